The van der Waals surface area contributed by atoms with Crippen LogP contribution in [0.3, 0.4) is 0 Å². The highest BCUT2D eigenvalue weighted by molar-refractivity contribution is 5.49. The molecule has 61 heavy (non-hydrogen) atoms. The van der Waals surface area contributed by atoms with Crippen LogP contribution in [0.5, 0.6) is 11.5 Å². The Morgan fingerprint density at radius 2 is 1.25 bits per heavy atom. The Hall–Kier alpha value is -4.52. The first kappa shape index (κ1) is 47.5. The van der Waals surface area contributed by atoms with Crippen LogP contribution in [0.4, 0.5) is 0 Å². The molecule has 4 aromatic rings. The molecule has 0 amide bonds. The fraction of sp³-hybridized carbons (Fsp3) is 0.520. The number of H-pyrrole nitrogens is 1. The third-order valence-electron chi connectivity index (χ3n) is 11.4. The maximum Gasteiger partial charge on any atom is 0.330 e. The minimum absolute atomic E-state index is 0.0883. The number of ether oxygens (including phenoxy) is 6. The molecule has 2 N–H and O–H groups in total. The number of allylic oxidation sites excluding steroid dienone is 2. The molecule has 1 saturated heterocycles. The minimum atomic E-state index is -1.19. The highest BCUT2D eigenvalue weighted by atomic mass is 16.6. The van der Waals surface area contributed by atoms with Crippen molar-refractivity contribution < 1.29 is 33.5 Å². The van der Waals surface area contributed by atoms with Crippen molar-refractivity contribution in [2.45, 2.75) is 127 Å². The van der Waals surface area contributed by atoms with E-state index in [-0.39, 0.29) is 13.2 Å². The zero-order valence-corrected chi connectivity index (χ0v) is 36.5. The van der Waals surface area contributed by atoms with Gasteiger partial charge in [0.25, 0.3) is 5.56 Å². The first-order valence-electron chi connectivity index (χ1n) is 22.4. The molecule has 1 aromatic heterocycles. The van der Waals surface area contributed by atoms with Gasteiger partial charge in [-0.05, 0) is 73.1 Å². The number of hydrogen-bond donors (Lipinski definition) is 2. The van der Waals surface area contributed by atoms with E-state index in [1.54, 1.807) is 14.2 Å². The number of aromatic nitrogens is 2. The lowest BCUT2D eigenvalue weighted by atomic mass is 9.80. The van der Waals surface area contributed by atoms with Gasteiger partial charge in [-0.15, -0.1) is 0 Å². The molecular formula is C50H68N2O9. The summed E-state index contributed by atoms with van der Waals surface area (Å²) >= 11 is 0. The van der Waals surface area contributed by atoms with Crippen molar-refractivity contribution in [2.24, 2.45) is 0 Å². The number of benzene rings is 3. The van der Waals surface area contributed by atoms with Crippen LogP contribution >= 0.6 is 0 Å². The number of nitrogens with zero attached hydrogens (tertiary/aromatic N) is 1. The lowest BCUT2D eigenvalue weighted by Gasteiger charge is -2.37. The average Bonchev–Trinajstić information content (AvgIpc) is 3.60. The number of unbranched alkanes of at least 4 members (excludes halogenated alkanes) is 12. The molecule has 0 bridgehead atoms. The van der Waals surface area contributed by atoms with Gasteiger partial charge < -0.3 is 33.5 Å². The van der Waals surface area contributed by atoms with E-state index in [9.17, 15) is 14.7 Å². The van der Waals surface area contributed by atoms with E-state index < -0.39 is 41.4 Å². The van der Waals surface area contributed by atoms with Crippen LogP contribution in [0.1, 0.15) is 120 Å². The summed E-state index contributed by atoms with van der Waals surface area (Å²) in [5.41, 5.74) is 0.103. The van der Waals surface area contributed by atoms with Crippen molar-refractivity contribution >= 4 is 0 Å². The van der Waals surface area contributed by atoms with Gasteiger partial charge in [-0.2, -0.15) is 0 Å². The topological polar surface area (TPSA) is 130 Å². The zero-order valence-electron chi connectivity index (χ0n) is 36.5. The van der Waals surface area contributed by atoms with Crippen LogP contribution in [-0.2, 0) is 24.5 Å². The van der Waals surface area contributed by atoms with Gasteiger partial charge in [-0.25, -0.2) is 4.79 Å². The third kappa shape index (κ3) is 14.0. The predicted octanol–water partition coefficient (Wildman–Crippen LogP) is 9.26. The highest BCUT2D eigenvalue weighted by Gasteiger charge is 2.48. The Bertz CT molecular complexity index is 1900. The molecule has 0 radical (unpaired) electrons. The van der Waals surface area contributed by atoms with Gasteiger partial charge in [-0.1, -0.05) is 131 Å². The zero-order chi connectivity index (χ0) is 43.1. The molecule has 2 heterocycles. The van der Waals surface area contributed by atoms with Crippen molar-refractivity contribution in [1.29, 1.82) is 0 Å². The van der Waals surface area contributed by atoms with Crippen LogP contribution in [0, 0.1) is 0 Å². The molecule has 3 aromatic carbocycles. The quantitative estimate of drug-likeness (QED) is 0.0312. The molecule has 11 nitrogen and oxygen atoms in total. The van der Waals surface area contributed by atoms with Crippen LogP contribution in [0.25, 0.3) is 0 Å². The fourth-order valence-electron chi connectivity index (χ4n) is 7.97. The number of methoxy groups -OCH3 is 2. The molecule has 4 atom stereocenters. The molecular weight excluding hydrogens is 773 g/mol. The number of aromatic amines is 1. The van der Waals surface area contributed by atoms with Crippen molar-refractivity contribution in [3.8, 4) is 11.5 Å². The van der Waals surface area contributed by atoms with E-state index in [4.69, 9.17) is 28.4 Å². The molecule has 0 aliphatic carbocycles. The molecule has 0 spiro atoms. The summed E-state index contributed by atoms with van der Waals surface area (Å²) in [6, 6.07) is 26.4. The summed E-state index contributed by atoms with van der Waals surface area (Å²) in [5, 5.41) is 11.8. The summed E-state index contributed by atoms with van der Waals surface area (Å²) in [7, 11) is 3.24. The first-order valence-corrected chi connectivity index (χ1v) is 22.4. The van der Waals surface area contributed by atoms with Gasteiger partial charge in [-0.3, -0.25) is 14.3 Å². The Balaban J connectivity index is 1.16. The third-order valence-corrected chi connectivity index (χ3v) is 11.4. The second-order valence-electron chi connectivity index (χ2n) is 15.8. The summed E-state index contributed by atoms with van der Waals surface area (Å²) in [4.78, 5) is 27.3. The van der Waals surface area contributed by atoms with Crippen LogP contribution < -0.4 is 20.7 Å². The Morgan fingerprint density at radius 1 is 0.689 bits per heavy atom. The lowest BCUT2D eigenvalue weighted by molar-refractivity contribution is -0.0999. The highest BCUT2D eigenvalue weighted by Crippen LogP contribution is 2.43. The van der Waals surface area contributed by atoms with E-state index in [2.05, 4.69) is 24.1 Å². The molecule has 11 heteroatoms. The van der Waals surface area contributed by atoms with Gasteiger partial charge >= 0.3 is 5.69 Å². The molecule has 1 aliphatic rings. The van der Waals surface area contributed by atoms with Gasteiger partial charge in [0.2, 0.25) is 0 Å². The summed E-state index contributed by atoms with van der Waals surface area (Å²) in [6.07, 6.45) is 19.4. The van der Waals surface area contributed by atoms with E-state index in [0.717, 1.165) is 29.5 Å². The summed E-state index contributed by atoms with van der Waals surface area (Å²) in [5.74, 6) is 1.38. The Morgan fingerprint density at radius 3 is 1.82 bits per heavy atom. The summed E-state index contributed by atoms with van der Waals surface area (Å²) in [6.45, 7) is 3.28. The molecule has 0 saturated carbocycles. The first-order chi connectivity index (χ1) is 29.9. The van der Waals surface area contributed by atoms with Crippen molar-refractivity contribution in [3.05, 3.63) is 141 Å². The van der Waals surface area contributed by atoms with Crippen molar-refractivity contribution in [3.63, 3.8) is 0 Å². The second-order valence-corrected chi connectivity index (χ2v) is 15.8. The van der Waals surface area contributed by atoms with Crippen molar-refractivity contribution in [1.82, 2.24) is 9.55 Å². The number of aliphatic hydroxyl groups is 1. The number of hydrogen-bond acceptors (Lipinski definition) is 9. The smallest absolute Gasteiger partial charge is 0.330 e. The Kier molecular flexibility index (Phi) is 20.3. The van der Waals surface area contributed by atoms with E-state index in [0.29, 0.717) is 24.7 Å². The SMILES string of the molecule is CCCCCCCC/C=C\CCCCCCCCOCCOC1C(O)C(COC(c2ccccc2)(c2ccc(OC)cc2)c2ccc(OC)cc2)OC1n1ccc(=O)[nH]c1=O. The van der Waals surface area contributed by atoms with E-state index in [1.165, 1.54) is 93.9 Å². The number of rotatable bonds is 29. The van der Waals surface area contributed by atoms with Crippen LogP contribution in [-0.4, -0.2) is 73.6 Å². The van der Waals surface area contributed by atoms with Crippen molar-refractivity contribution in [2.75, 3.05) is 40.6 Å². The molecule has 1 aliphatic heterocycles. The monoisotopic (exact) mass is 840 g/mol. The molecule has 4 unspecified atom stereocenters. The fourth-order valence-corrected chi connectivity index (χ4v) is 7.97. The normalized spacial score (nSPS) is 17.9. The minimum Gasteiger partial charge on any atom is -0.497 e. The standard InChI is InChI=1S/C50H68N2O9/c1-4-5-6-7-8-9-10-11-12-13-14-15-16-17-18-22-35-58-36-37-59-47-46(54)44(61-48(47)52-34-33-45(53)51-49(52)55)38-60-50(39-23-20-19-21-24-39,40-25-29-42(56-2)30-26-40)41-27-31-43(57-3)32-28-41/h11-12,19-21,23-34,44,46-48,54H,4-10,13-18,22,35-38H2,1-3H3,(H,51,53,55)/b12-11-. The molecule has 1 fully saturated rings. The molecule has 332 valence electrons. The number of nitrogens with one attached hydrogen (secondary N) is 1. The second kappa shape index (κ2) is 26.1. The Labute approximate surface area is 362 Å². The predicted molar refractivity (Wildman–Crippen MR) is 240 cm³/mol. The summed E-state index contributed by atoms with van der Waals surface area (Å²) < 4.78 is 37.8. The maximum absolute atomic E-state index is 13.0. The number of aliphatic hydroxyl groups excluding tert-OH is 1. The van der Waals surface area contributed by atoms with Gasteiger partial charge in [0.05, 0.1) is 34.0 Å². The molecule has 5 rings (SSSR count). The van der Waals surface area contributed by atoms with E-state index >= 15 is 0 Å². The average molecular weight is 841 g/mol. The van der Waals surface area contributed by atoms with E-state index in [1.807, 2.05) is 78.9 Å². The van der Waals surface area contributed by atoms with Crippen LogP contribution in [0.2, 0.25) is 0 Å². The van der Waals surface area contributed by atoms with Gasteiger partial charge in [0, 0.05) is 18.9 Å². The van der Waals surface area contributed by atoms with Gasteiger partial charge in [0.1, 0.15) is 35.4 Å². The lowest BCUT2D eigenvalue weighted by Crippen LogP contribution is -2.41. The van der Waals surface area contributed by atoms with Crippen LogP contribution in [0.15, 0.2) is 113 Å². The maximum atomic E-state index is 13.0. The van der Waals surface area contributed by atoms with Gasteiger partial charge in [0.15, 0.2) is 6.23 Å². The largest absolute Gasteiger partial charge is 0.497 e.